The highest BCUT2D eigenvalue weighted by atomic mass is 32.1. The number of amides is 1. The summed E-state index contributed by atoms with van der Waals surface area (Å²) in [6.45, 7) is 0. The van der Waals surface area contributed by atoms with Gasteiger partial charge in [-0.05, 0) is 49.4 Å². The maximum absolute atomic E-state index is 12.8. The fourth-order valence-corrected chi connectivity index (χ4v) is 3.95. The molecule has 0 bridgehead atoms. The number of fused-ring (bicyclic) bond motifs is 1. The van der Waals surface area contributed by atoms with Crippen molar-refractivity contribution in [3.05, 3.63) is 41.7 Å². The number of nitrogens with zero attached hydrogens (tertiary/aromatic N) is 1. The van der Waals surface area contributed by atoms with E-state index in [-0.39, 0.29) is 18.1 Å². The third kappa shape index (κ3) is 2.95. The molecule has 1 saturated carbocycles. The standard InChI is InChI=1S/C18H19N3O2S/c22-13-3-1-12(2-4-13)21-18(23)15-7-11(17-9-19-10-24-17)8-16-14(15)5-6-20-16/h5-10,12-13,20,22H,1-4H2,(H,21,23)/t12-,13-. The van der Waals surface area contributed by atoms with Crippen molar-refractivity contribution in [2.45, 2.75) is 37.8 Å². The molecule has 1 aliphatic rings. The molecule has 3 aromatic rings. The van der Waals surface area contributed by atoms with E-state index in [9.17, 15) is 9.90 Å². The zero-order chi connectivity index (χ0) is 16.5. The van der Waals surface area contributed by atoms with Gasteiger partial charge in [0.15, 0.2) is 0 Å². The number of hydrogen-bond acceptors (Lipinski definition) is 4. The van der Waals surface area contributed by atoms with Gasteiger partial charge < -0.3 is 15.4 Å². The summed E-state index contributed by atoms with van der Waals surface area (Å²) in [5.41, 5.74) is 4.42. The highest BCUT2D eigenvalue weighted by Crippen LogP contribution is 2.30. The van der Waals surface area contributed by atoms with Crippen LogP contribution >= 0.6 is 11.3 Å². The number of carbonyl (C=O) groups excluding carboxylic acids is 1. The van der Waals surface area contributed by atoms with E-state index in [0.717, 1.165) is 47.0 Å². The predicted octanol–water partition coefficient (Wildman–Crippen LogP) is 3.32. The second-order valence-electron chi connectivity index (χ2n) is 6.31. The highest BCUT2D eigenvalue weighted by molar-refractivity contribution is 7.13. The van der Waals surface area contributed by atoms with E-state index in [2.05, 4.69) is 21.4 Å². The molecular weight excluding hydrogens is 322 g/mol. The summed E-state index contributed by atoms with van der Waals surface area (Å²) >= 11 is 1.56. The SMILES string of the molecule is O=C(N[C@H]1CC[C@H](O)CC1)c1cc(-c2cncs2)cc2[nH]ccc12. The molecule has 2 heterocycles. The zero-order valence-electron chi connectivity index (χ0n) is 13.2. The molecule has 0 atom stereocenters. The van der Waals surface area contributed by atoms with Crippen LogP contribution in [0.2, 0.25) is 0 Å². The van der Waals surface area contributed by atoms with Gasteiger partial charge in [-0.1, -0.05) is 0 Å². The minimum atomic E-state index is -0.218. The van der Waals surface area contributed by atoms with Crippen molar-refractivity contribution in [2.24, 2.45) is 0 Å². The molecule has 3 N–H and O–H groups in total. The van der Waals surface area contributed by atoms with E-state index < -0.39 is 0 Å². The zero-order valence-corrected chi connectivity index (χ0v) is 14.0. The molecule has 0 radical (unpaired) electrons. The third-order valence-electron chi connectivity index (χ3n) is 4.66. The summed E-state index contributed by atoms with van der Waals surface area (Å²) in [5.74, 6) is -0.0487. The molecule has 0 unspecified atom stereocenters. The average Bonchev–Trinajstić information content (AvgIpc) is 3.27. The predicted molar refractivity (Wildman–Crippen MR) is 95.1 cm³/mol. The van der Waals surface area contributed by atoms with Crippen molar-refractivity contribution in [3.63, 3.8) is 0 Å². The lowest BCUT2D eigenvalue weighted by atomic mass is 9.93. The van der Waals surface area contributed by atoms with Gasteiger partial charge >= 0.3 is 0 Å². The molecule has 0 spiro atoms. The number of benzene rings is 1. The van der Waals surface area contributed by atoms with E-state index in [1.807, 2.05) is 24.5 Å². The van der Waals surface area contributed by atoms with Gasteiger partial charge in [-0.15, -0.1) is 11.3 Å². The Hall–Kier alpha value is -2.18. The van der Waals surface area contributed by atoms with E-state index in [0.29, 0.717) is 5.56 Å². The van der Waals surface area contributed by atoms with Crippen LogP contribution in [0.3, 0.4) is 0 Å². The van der Waals surface area contributed by atoms with Gasteiger partial charge in [0.05, 0.1) is 16.5 Å². The van der Waals surface area contributed by atoms with Crippen LogP contribution in [0.5, 0.6) is 0 Å². The number of hydrogen-bond donors (Lipinski definition) is 3. The number of aromatic nitrogens is 2. The third-order valence-corrected chi connectivity index (χ3v) is 5.48. The van der Waals surface area contributed by atoms with E-state index in [1.54, 1.807) is 16.8 Å². The largest absolute Gasteiger partial charge is 0.393 e. The van der Waals surface area contributed by atoms with Gasteiger partial charge in [0.1, 0.15) is 0 Å². The Bertz CT molecular complexity index is 848. The molecule has 0 saturated heterocycles. The molecule has 24 heavy (non-hydrogen) atoms. The molecule has 4 rings (SSSR count). The van der Waals surface area contributed by atoms with Gasteiger partial charge in [0.2, 0.25) is 0 Å². The molecule has 1 amide bonds. The first-order valence-corrected chi connectivity index (χ1v) is 9.07. The van der Waals surface area contributed by atoms with Crippen molar-refractivity contribution in [1.29, 1.82) is 0 Å². The molecule has 2 aromatic heterocycles. The Morgan fingerprint density at radius 1 is 1.29 bits per heavy atom. The van der Waals surface area contributed by atoms with E-state index in [4.69, 9.17) is 0 Å². The quantitative estimate of drug-likeness (QED) is 0.684. The van der Waals surface area contributed by atoms with E-state index in [1.165, 1.54) is 0 Å². The normalized spacial score (nSPS) is 21.0. The Balaban J connectivity index is 1.65. The minimum Gasteiger partial charge on any atom is -0.393 e. The highest BCUT2D eigenvalue weighted by Gasteiger charge is 2.22. The number of carbonyl (C=O) groups is 1. The summed E-state index contributed by atoms with van der Waals surface area (Å²) < 4.78 is 0. The van der Waals surface area contributed by atoms with Crippen molar-refractivity contribution >= 4 is 28.1 Å². The van der Waals surface area contributed by atoms with Crippen molar-refractivity contribution in [3.8, 4) is 10.4 Å². The van der Waals surface area contributed by atoms with Crippen LogP contribution in [0.15, 0.2) is 36.1 Å². The molecule has 124 valence electrons. The fourth-order valence-electron chi connectivity index (χ4n) is 3.34. The smallest absolute Gasteiger partial charge is 0.252 e. The van der Waals surface area contributed by atoms with Crippen LogP contribution in [0, 0.1) is 0 Å². The lowest BCUT2D eigenvalue weighted by Gasteiger charge is -2.26. The molecule has 5 nitrogen and oxygen atoms in total. The second-order valence-corrected chi connectivity index (χ2v) is 7.19. The van der Waals surface area contributed by atoms with Crippen LogP contribution < -0.4 is 5.32 Å². The summed E-state index contributed by atoms with van der Waals surface area (Å²) in [6, 6.07) is 6.07. The Morgan fingerprint density at radius 3 is 2.88 bits per heavy atom. The number of aromatic amines is 1. The van der Waals surface area contributed by atoms with Crippen LogP contribution in [-0.4, -0.2) is 33.1 Å². The monoisotopic (exact) mass is 341 g/mol. The maximum Gasteiger partial charge on any atom is 0.252 e. The van der Waals surface area contributed by atoms with Gasteiger partial charge in [-0.25, -0.2) is 0 Å². The Kier molecular flexibility index (Phi) is 4.08. The summed E-state index contributed by atoms with van der Waals surface area (Å²) in [6.07, 6.45) is 6.63. The number of thiazole rings is 1. The first-order valence-electron chi connectivity index (χ1n) is 8.19. The van der Waals surface area contributed by atoms with E-state index >= 15 is 0 Å². The summed E-state index contributed by atoms with van der Waals surface area (Å²) in [7, 11) is 0. The van der Waals surface area contributed by atoms with Gasteiger partial charge in [-0.2, -0.15) is 0 Å². The molecular formula is C18H19N3O2S. The minimum absolute atomic E-state index is 0.0487. The maximum atomic E-state index is 12.8. The summed E-state index contributed by atoms with van der Waals surface area (Å²) in [4.78, 5) is 21.2. The number of aliphatic hydroxyl groups excluding tert-OH is 1. The molecule has 0 aliphatic heterocycles. The summed E-state index contributed by atoms with van der Waals surface area (Å²) in [5, 5.41) is 13.7. The fraction of sp³-hybridized carbons (Fsp3) is 0.333. The molecule has 1 aliphatic carbocycles. The molecule has 6 heteroatoms. The van der Waals surface area contributed by atoms with Crippen LogP contribution in [0.25, 0.3) is 21.3 Å². The topological polar surface area (TPSA) is 78.0 Å². The number of H-pyrrole nitrogens is 1. The van der Waals surface area contributed by atoms with Crippen molar-refractivity contribution < 1.29 is 9.90 Å². The Morgan fingerprint density at radius 2 is 2.12 bits per heavy atom. The lowest BCUT2D eigenvalue weighted by molar-refractivity contribution is 0.0869. The van der Waals surface area contributed by atoms with Gasteiger partial charge in [0, 0.05) is 34.9 Å². The second kappa shape index (κ2) is 6.37. The van der Waals surface area contributed by atoms with Gasteiger partial charge in [0.25, 0.3) is 5.91 Å². The van der Waals surface area contributed by atoms with Crippen LogP contribution in [-0.2, 0) is 0 Å². The van der Waals surface area contributed by atoms with Crippen molar-refractivity contribution in [1.82, 2.24) is 15.3 Å². The number of nitrogens with one attached hydrogen (secondary N) is 2. The Labute approximate surface area is 143 Å². The average molecular weight is 341 g/mol. The number of aliphatic hydroxyl groups is 1. The molecule has 1 fully saturated rings. The molecule has 1 aromatic carbocycles. The first kappa shape index (κ1) is 15.4. The first-order chi connectivity index (χ1) is 11.7. The number of rotatable bonds is 3. The van der Waals surface area contributed by atoms with Crippen molar-refractivity contribution in [2.75, 3.05) is 0 Å². The van der Waals surface area contributed by atoms with Gasteiger partial charge in [-0.3, -0.25) is 9.78 Å². The van der Waals surface area contributed by atoms with Crippen LogP contribution in [0.1, 0.15) is 36.0 Å². The lowest BCUT2D eigenvalue weighted by Crippen LogP contribution is -2.38. The van der Waals surface area contributed by atoms with Crippen LogP contribution in [0.4, 0.5) is 0 Å².